The first-order valence-electron chi connectivity index (χ1n) is 12.2. The zero-order valence-electron chi connectivity index (χ0n) is 17.4. The summed E-state index contributed by atoms with van der Waals surface area (Å²) in [5.74, 6) is 6.15. The number of hydrogen-bond acceptors (Lipinski definition) is 3. The maximum atomic E-state index is 12.2. The molecule has 7 rings (SSSR count). The first-order chi connectivity index (χ1) is 14.1. The smallest absolute Gasteiger partial charge is 0.331 e. The number of rotatable bonds is 2. The second-order valence-electron chi connectivity index (χ2n) is 11.4. The monoisotopic (exact) mass is 392 g/mol. The van der Waals surface area contributed by atoms with Gasteiger partial charge in [-0.15, -0.1) is 0 Å². The number of ether oxygens (including phenoxy) is 1. The van der Waals surface area contributed by atoms with Crippen molar-refractivity contribution in [1.82, 2.24) is 0 Å². The van der Waals surface area contributed by atoms with Crippen LogP contribution in [-0.4, -0.2) is 17.4 Å². The van der Waals surface area contributed by atoms with Crippen molar-refractivity contribution in [1.29, 1.82) is 0 Å². The van der Waals surface area contributed by atoms with E-state index in [1.807, 2.05) is 0 Å². The Hall–Kier alpha value is -1.38. The van der Waals surface area contributed by atoms with E-state index in [9.17, 15) is 9.59 Å². The van der Waals surface area contributed by atoms with E-state index in [2.05, 4.69) is 19.1 Å². The number of allylic oxidation sites excluding steroid dienone is 1. The van der Waals surface area contributed by atoms with E-state index in [-0.39, 0.29) is 17.0 Å². The van der Waals surface area contributed by atoms with Gasteiger partial charge in [-0.25, -0.2) is 4.79 Å². The number of fused-ring (bicyclic) bond motifs is 9. The van der Waals surface area contributed by atoms with Gasteiger partial charge in [-0.1, -0.05) is 12.5 Å². The van der Waals surface area contributed by atoms with Crippen LogP contribution in [0.5, 0.6) is 0 Å². The summed E-state index contributed by atoms with van der Waals surface area (Å²) in [5, 5.41) is 0. The van der Waals surface area contributed by atoms with Crippen LogP contribution in [0.3, 0.4) is 0 Å². The fraction of sp³-hybridized carbons (Fsp3) is 0.769. The molecule has 0 amide bonds. The molecule has 1 heterocycles. The minimum absolute atomic E-state index is 0.107. The van der Waals surface area contributed by atoms with E-state index in [4.69, 9.17) is 4.74 Å². The molecule has 3 heteroatoms. The normalized spacial score (nSPS) is 54.4. The quantitative estimate of drug-likeness (QED) is 0.630. The Labute approximate surface area is 173 Å². The second-order valence-corrected chi connectivity index (χ2v) is 11.4. The Morgan fingerprint density at radius 2 is 1.97 bits per heavy atom. The van der Waals surface area contributed by atoms with Crippen LogP contribution in [-0.2, 0) is 14.3 Å². The van der Waals surface area contributed by atoms with E-state index in [0.29, 0.717) is 17.6 Å². The van der Waals surface area contributed by atoms with Crippen LogP contribution < -0.4 is 0 Å². The molecule has 1 aliphatic heterocycles. The van der Waals surface area contributed by atoms with Crippen LogP contribution in [0.4, 0.5) is 0 Å². The highest BCUT2D eigenvalue weighted by Crippen LogP contribution is 2.79. The minimum atomic E-state index is -0.300. The van der Waals surface area contributed by atoms with Crippen LogP contribution in [0.25, 0.3) is 0 Å². The van der Waals surface area contributed by atoms with Crippen LogP contribution in [0.1, 0.15) is 64.7 Å². The van der Waals surface area contributed by atoms with Gasteiger partial charge in [0.2, 0.25) is 0 Å². The van der Waals surface area contributed by atoms with Gasteiger partial charge >= 0.3 is 5.97 Å². The Morgan fingerprint density at radius 3 is 2.69 bits per heavy atom. The molecule has 0 aromatic heterocycles. The first kappa shape index (κ1) is 17.3. The van der Waals surface area contributed by atoms with Crippen molar-refractivity contribution < 1.29 is 14.3 Å². The summed E-state index contributed by atoms with van der Waals surface area (Å²) in [6, 6.07) is 0. The molecule has 154 valence electrons. The van der Waals surface area contributed by atoms with Crippen molar-refractivity contribution >= 4 is 11.8 Å². The van der Waals surface area contributed by atoms with Gasteiger partial charge in [0.25, 0.3) is 0 Å². The summed E-state index contributed by atoms with van der Waals surface area (Å²) in [5.41, 5.74) is 1.37. The van der Waals surface area contributed by atoms with Crippen molar-refractivity contribution in [3.63, 3.8) is 0 Å². The lowest BCUT2D eigenvalue weighted by Gasteiger charge is -2.60. The van der Waals surface area contributed by atoms with E-state index >= 15 is 0 Å². The number of esters is 1. The van der Waals surface area contributed by atoms with Crippen molar-refractivity contribution in [2.45, 2.75) is 70.3 Å². The van der Waals surface area contributed by atoms with E-state index in [1.54, 1.807) is 6.08 Å². The minimum Gasteiger partial charge on any atom is -0.451 e. The molecule has 3 nitrogen and oxygen atoms in total. The molecular formula is C26H32O3. The molecule has 0 saturated heterocycles. The molecule has 0 unspecified atom stereocenters. The highest BCUT2D eigenvalue weighted by molar-refractivity contribution is 5.91. The zero-order valence-corrected chi connectivity index (χ0v) is 17.4. The lowest BCUT2D eigenvalue weighted by atomic mass is 9.45. The lowest BCUT2D eigenvalue weighted by Crippen LogP contribution is -2.58. The first-order valence-corrected chi connectivity index (χ1v) is 12.2. The predicted molar refractivity (Wildman–Crippen MR) is 109 cm³/mol. The molecule has 7 aliphatic rings. The Kier molecular flexibility index (Phi) is 3.25. The number of carbonyl (C=O) groups excluding carboxylic acids is 2. The molecule has 5 saturated carbocycles. The maximum Gasteiger partial charge on any atom is 0.331 e. The number of hydrogen-bond donors (Lipinski definition) is 0. The molecule has 29 heavy (non-hydrogen) atoms. The fourth-order valence-corrected chi connectivity index (χ4v) is 9.66. The molecule has 1 spiro atoms. The van der Waals surface area contributed by atoms with Crippen molar-refractivity contribution in [3.05, 3.63) is 23.8 Å². The average molecular weight is 393 g/mol. The standard InChI is InChI=1S/C26H32O3/c1-2-25-9-7-18-17-6-5-16(27)11-15(17)12-19(14-3-4-14)23(18)24(25)20-13-21(20)26(25)10-8-22(28)29-26/h8,10-11,14,17-21,23-24H,2-7,9,12-13H2,1H3/t17-,18+,19+,20+,21-,23-,24-,25-,26-/m0/s1. The van der Waals surface area contributed by atoms with Crippen molar-refractivity contribution in [3.8, 4) is 0 Å². The Morgan fingerprint density at radius 1 is 1.10 bits per heavy atom. The van der Waals surface area contributed by atoms with E-state index < -0.39 is 0 Å². The van der Waals surface area contributed by atoms with Crippen molar-refractivity contribution in [2.75, 3.05) is 0 Å². The zero-order chi connectivity index (χ0) is 19.5. The SMILES string of the molecule is CC[C@]12CC[C@H]3[C@H]([C@@H]1[C@@H]1C[C@@H]1[C@@]21C=CC(=O)O1)[C@@H](C1CC1)CC1=CC(=O)CC[C@@H]13. The van der Waals surface area contributed by atoms with Crippen LogP contribution in [0.2, 0.25) is 0 Å². The highest BCUT2D eigenvalue weighted by Gasteiger charge is 2.79. The summed E-state index contributed by atoms with van der Waals surface area (Å²) in [7, 11) is 0. The summed E-state index contributed by atoms with van der Waals surface area (Å²) in [6.45, 7) is 2.36. The summed E-state index contributed by atoms with van der Waals surface area (Å²) in [6.07, 6.45) is 16.6. The summed E-state index contributed by atoms with van der Waals surface area (Å²) < 4.78 is 6.23. The van der Waals surface area contributed by atoms with Crippen LogP contribution in [0.15, 0.2) is 23.8 Å². The van der Waals surface area contributed by atoms with Gasteiger partial charge in [0, 0.05) is 23.8 Å². The largest absolute Gasteiger partial charge is 0.451 e. The summed E-state index contributed by atoms with van der Waals surface area (Å²) in [4.78, 5) is 24.4. The second kappa shape index (κ2) is 5.45. The van der Waals surface area contributed by atoms with E-state index in [0.717, 1.165) is 54.8 Å². The molecule has 0 aromatic rings. The van der Waals surface area contributed by atoms with Crippen LogP contribution in [0, 0.1) is 52.8 Å². The van der Waals surface area contributed by atoms with Gasteiger partial charge in [0.1, 0.15) is 5.60 Å². The fourth-order valence-electron chi connectivity index (χ4n) is 9.66. The highest BCUT2D eigenvalue weighted by atomic mass is 16.6. The molecular weight excluding hydrogens is 360 g/mol. The van der Waals surface area contributed by atoms with Crippen LogP contribution >= 0.6 is 0 Å². The molecule has 9 atom stereocenters. The third-order valence-electron chi connectivity index (χ3n) is 10.7. The molecule has 6 aliphatic carbocycles. The van der Waals surface area contributed by atoms with E-state index in [1.165, 1.54) is 44.1 Å². The maximum absolute atomic E-state index is 12.2. The summed E-state index contributed by atoms with van der Waals surface area (Å²) >= 11 is 0. The number of carbonyl (C=O) groups is 2. The van der Waals surface area contributed by atoms with Gasteiger partial charge < -0.3 is 4.74 Å². The lowest BCUT2D eigenvalue weighted by molar-refractivity contribution is -0.175. The third-order valence-corrected chi connectivity index (χ3v) is 10.7. The topological polar surface area (TPSA) is 43.4 Å². The predicted octanol–water partition coefficient (Wildman–Crippen LogP) is 4.86. The molecule has 5 fully saturated rings. The molecule has 0 bridgehead atoms. The van der Waals surface area contributed by atoms with Gasteiger partial charge in [-0.05, 0) is 105 Å². The average Bonchev–Trinajstić information content (AvgIpc) is 3.64. The van der Waals surface area contributed by atoms with Gasteiger partial charge in [-0.3, -0.25) is 4.79 Å². The third kappa shape index (κ3) is 2.01. The Bertz CT molecular complexity index is 865. The molecule has 0 radical (unpaired) electrons. The van der Waals surface area contributed by atoms with Gasteiger partial charge in [0.15, 0.2) is 5.78 Å². The number of ketones is 1. The Balaban J connectivity index is 1.34. The van der Waals surface area contributed by atoms with Gasteiger partial charge in [0.05, 0.1) is 0 Å². The molecule has 0 N–H and O–H groups in total. The van der Waals surface area contributed by atoms with Gasteiger partial charge in [-0.2, -0.15) is 0 Å². The van der Waals surface area contributed by atoms with Crippen molar-refractivity contribution in [2.24, 2.45) is 52.8 Å². The molecule has 0 aromatic carbocycles.